The lowest BCUT2D eigenvalue weighted by atomic mass is 9.83. The van der Waals surface area contributed by atoms with Crippen LogP contribution in [0.15, 0.2) is 0 Å². The zero-order chi connectivity index (χ0) is 11.4. The van der Waals surface area contributed by atoms with E-state index < -0.39 is 0 Å². The Morgan fingerprint density at radius 1 is 1.00 bits per heavy atom. The second kappa shape index (κ2) is 5.80. The van der Waals surface area contributed by atoms with Gasteiger partial charge in [0.2, 0.25) is 0 Å². The fourth-order valence-corrected chi connectivity index (χ4v) is 2.13. The molecule has 4 nitrogen and oxygen atoms in total. The van der Waals surface area contributed by atoms with Gasteiger partial charge in [0, 0.05) is 21.3 Å². The van der Waals surface area contributed by atoms with Gasteiger partial charge in [-0.25, -0.2) is 0 Å². The SMILES string of the molecule is COCC1OC(OC)C(OC)C(C)[C@@H]1C. The van der Waals surface area contributed by atoms with Crippen LogP contribution in [0.25, 0.3) is 0 Å². The molecule has 5 atom stereocenters. The first kappa shape index (κ1) is 12.9. The van der Waals surface area contributed by atoms with Crippen LogP contribution in [0, 0.1) is 11.8 Å². The minimum absolute atomic E-state index is 0.00175. The van der Waals surface area contributed by atoms with Crippen molar-refractivity contribution in [2.45, 2.75) is 32.3 Å². The highest BCUT2D eigenvalue weighted by Crippen LogP contribution is 2.32. The quantitative estimate of drug-likeness (QED) is 0.712. The van der Waals surface area contributed by atoms with Crippen LogP contribution in [0.5, 0.6) is 0 Å². The molecule has 1 saturated heterocycles. The van der Waals surface area contributed by atoms with Crippen molar-refractivity contribution in [2.75, 3.05) is 27.9 Å². The second-order valence-electron chi connectivity index (χ2n) is 4.15. The summed E-state index contributed by atoms with van der Waals surface area (Å²) < 4.78 is 21.6. The summed E-state index contributed by atoms with van der Waals surface area (Å²) in [6.45, 7) is 4.92. The highest BCUT2D eigenvalue weighted by Gasteiger charge is 2.41. The minimum Gasteiger partial charge on any atom is -0.382 e. The normalized spacial score (nSPS) is 41.8. The predicted octanol–water partition coefficient (Wildman–Crippen LogP) is 1.29. The Morgan fingerprint density at radius 2 is 1.67 bits per heavy atom. The van der Waals surface area contributed by atoms with Gasteiger partial charge in [0.25, 0.3) is 0 Å². The third kappa shape index (κ3) is 2.69. The summed E-state index contributed by atoms with van der Waals surface area (Å²) in [4.78, 5) is 0. The molecule has 0 saturated carbocycles. The summed E-state index contributed by atoms with van der Waals surface area (Å²) in [7, 11) is 5.02. The molecule has 0 bridgehead atoms. The van der Waals surface area contributed by atoms with Gasteiger partial charge < -0.3 is 18.9 Å². The summed E-state index contributed by atoms with van der Waals surface area (Å²) in [5.41, 5.74) is 0. The van der Waals surface area contributed by atoms with E-state index in [4.69, 9.17) is 18.9 Å². The highest BCUT2D eigenvalue weighted by molar-refractivity contribution is 4.85. The molecular weight excluding hydrogens is 196 g/mol. The van der Waals surface area contributed by atoms with Gasteiger partial charge in [-0.1, -0.05) is 13.8 Å². The van der Waals surface area contributed by atoms with E-state index in [1.807, 2.05) is 0 Å². The fourth-order valence-electron chi connectivity index (χ4n) is 2.13. The Balaban J connectivity index is 2.68. The molecular formula is C11H22O4. The Morgan fingerprint density at radius 3 is 2.13 bits per heavy atom. The van der Waals surface area contributed by atoms with E-state index >= 15 is 0 Å². The lowest BCUT2D eigenvalue weighted by Gasteiger charge is -2.43. The molecule has 1 rings (SSSR count). The van der Waals surface area contributed by atoms with Crippen molar-refractivity contribution < 1.29 is 18.9 Å². The molecule has 1 aliphatic rings. The first-order valence-electron chi connectivity index (χ1n) is 5.35. The highest BCUT2D eigenvalue weighted by atomic mass is 16.7. The topological polar surface area (TPSA) is 36.9 Å². The van der Waals surface area contributed by atoms with Gasteiger partial charge in [-0.3, -0.25) is 0 Å². The molecule has 1 heterocycles. The number of hydrogen-bond donors (Lipinski definition) is 0. The molecule has 0 N–H and O–H groups in total. The standard InChI is InChI=1S/C11H22O4/c1-7-8(2)10(13-4)11(14-5)15-9(7)6-12-3/h7-11H,6H2,1-5H3/t7-,8?,9?,10?,11?/m0/s1. The fraction of sp³-hybridized carbons (Fsp3) is 1.00. The molecule has 0 spiro atoms. The van der Waals surface area contributed by atoms with E-state index in [1.165, 1.54) is 0 Å². The monoisotopic (exact) mass is 218 g/mol. The van der Waals surface area contributed by atoms with E-state index in [2.05, 4.69) is 13.8 Å². The Kier molecular flexibility index (Phi) is 4.99. The van der Waals surface area contributed by atoms with E-state index in [0.717, 1.165) is 0 Å². The van der Waals surface area contributed by atoms with Crippen molar-refractivity contribution in [1.29, 1.82) is 0 Å². The van der Waals surface area contributed by atoms with Crippen molar-refractivity contribution in [3.8, 4) is 0 Å². The summed E-state index contributed by atoms with van der Waals surface area (Å²) in [6.07, 6.45) is -0.208. The van der Waals surface area contributed by atoms with Crippen LogP contribution in [0.3, 0.4) is 0 Å². The molecule has 0 amide bonds. The van der Waals surface area contributed by atoms with Gasteiger partial charge in [-0.05, 0) is 11.8 Å². The number of ether oxygens (including phenoxy) is 4. The average Bonchev–Trinajstić information content (AvgIpc) is 2.24. The molecule has 1 fully saturated rings. The van der Waals surface area contributed by atoms with Gasteiger partial charge in [-0.15, -0.1) is 0 Å². The molecule has 15 heavy (non-hydrogen) atoms. The lowest BCUT2D eigenvalue weighted by Crippen LogP contribution is -2.52. The Labute approximate surface area is 91.8 Å². The molecule has 0 aromatic carbocycles. The third-order valence-electron chi connectivity index (χ3n) is 3.35. The summed E-state index contributed by atoms with van der Waals surface area (Å²) in [6, 6.07) is 0. The van der Waals surface area contributed by atoms with Crippen molar-refractivity contribution in [3.63, 3.8) is 0 Å². The van der Waals surface area contributed by atoms with E-state index in [-0.39, 0.29) is 18.5 Å². The lowest BCUT2D eigenvalue weighted by molar-refractivity contribution is -0.272. The Hall–Kier alpha value is -0.160. The van der Waals surface area contributed by atoms with Crippen LogP contribution in [-0.2, 0) is 18.9 Å². The first-order valence-corrected chi connectivity index (χ1v) is 5.35. The smallest absolute Gasteiger partial charge is 0.184 e. The van der Waals surface area contributed by atoms with Crippen LogP contribution in [-0.4, -0.2) is 46.4 Å². The van der Waals surface area contributed by atoms with Crippen molar-refractivity contribution in [2.24, 2.45) is 11.8 Å². The van der Waals surface area contributed by atoms with Crippen LogP contribution >= 0.6 is 0 Å². The number of methoxy groups -OCH3 is 3. The molecule has 4 heteroatoms. The molecule has 4 unspecified atom stereocenters. The third-order valence-corrected chi connectivity index (χ3v) is 3.35. The molecule has 0 aromatic rings. The maximum atomic E-state index is 5.79. The minimum atomic E-state index is -0.290. The zero-order valence-electron chi connectivity index (χ0n) is 10.2. The van der Waals surface area contributed by atoms with Crippen LogP contribution in [0.1, 0.15) is 13.8 Å². The maximum absolute atomic E-state index is 5.79. The van der Waals surface area contributed by atoms with Gasteiger partial charge in [0.05, 0.1) is 12.7 Å². The molecule has 0 aliphatic carbocycles. The maximum Gasteiger partial charge on any atom is 0.184 e. The summed E-state index contributed by atoms with van der Waals surface area (Å²) in [5.74, 6) is 0.801. The van der Waals surface area contributed by atoms with Gasteiger partial charge in [0.15, 0.2) is 6.29 Å². The molecule has 0 aromatic heterocycles. The van der Waals surface area contributed by atoms with Gasteiger partial charge in [-0.2, -0.15) is 0 Å². The number of hydrogen-bond acceptors (Lipinski definition) is 4. The predicted molar refractivity (Wildman–Crippen MR) is 56.7 cm³/mol. The van der Waals surface area contributed by atoms with Crippen molar-refractivity contribution in [3.05, 3.63) is 0 Å². The number of rotatable bonds is 4. The largest absolute Gasteiger partial charge is 0.382 e. The van der Waals surface area contributed by atoms with Gasteiger partial charge >= 0.3 is 0 Å². The summed E-state index contributed by atoms with van der Waals surface area (Å²) >= 11 is 0. The Bertz CT molecular complexity index is 181. The van der Waals surface area contributed by atoms with Crippen molar-refractivity contribution in [1.82, 2.24) is 0 Å². The molecule has 1 aliphatic heterocycles. The molecule has 90 valence electrons. The van der Waals surface area contributed by atoms with Crippen LogP contribution in [0.2, 0.25) is 0 Å². The van der Waals surface area contributed by atoms with E-state index in [1.54, 1.807) is 21.3 Å². The average molecular weight is 218 g/mol. The molecule has 0 radical (unpaired) electrons. The second-order valence-corrected chi connectivity index (χ2v) is 4.15. The van der Waals surface area contributed by atoms with E-state index in [9.17, 15) is 0 Å². The van der Waals surface area contributed by atoms with Crippen LogP contribution < -0.4 is 0 Å². The van der Waals surface area contributed by atoms with E-state index in [0.29, 0.717) is 18.4 Å². The summed E-state index contributed by atoms with van der Waals surface area (Å²) in [5, 5.41) is 0. The first-order chi connectivity index (χ1) is 7.15. The van der Waals surface area contributed by atoms with Gasteiger partial charge in [0.1, 0.15) is 6.10 Å². The zero-order valence-corrected chi connectivity index (χ0v) is 10.2. The van der Waals surface area contributed by atoms with Crippen LogP contribution in [0.4, 0.5) is 0 Å². The van der Waals surface area contributed by atoms with Crippen molar-refractivity contribution >= 4 is 0 Å².